The molecule has 1 aliphatic rings. The Morgan fingerprint density at radius 2 is 2.14 bits per heavy atom. The molecular weight excluding hydrogens is 372 g/mol. The topological polar surface area (TPSA) is 59.8 Å². The Morgan fingerprint density at radius 1 is 1.25 bits per heavy atom. The predicted octanol–water partition coefficient (Wildman–Crippen LogP) is 4.34. The van der Waals surface area contributed by atoms with Crippen molar-refractivity contribution in [2.24, 2.45) is 0 Å². The van der Waals surface area contributed by atoms with Crippen molar-refractivity contribution in [2.75, 3.05) is 6.54 Å². The maximum absolute atomic E-state index is 13.0. The highest BCUT2D eigenvalue weighted by Crippen LogP contribution is 2.24. The average molecular weight is 397 g/mol. The molecular formula is C22H25ClN4O. The lowest BCUT2D eigenvalue weighted by molar-refractivity contribution is 0.367. The number of halogens is 1. The first kappa shape index (κ1) is 19.1. The number of hydrogen-bond donors (Lipinski definition) is 1. The summed E-state index contributed by atoms with van der Waals surface area (Å²) in [6.45, 7) is 3.74. The number of benzene rings is 1. The molecule has 0 saturated carbocycles. The number of rotatable bonds is 5. The molecule has 1 N–H and O–H groups in total. The fourth-order valence-corrected chi connectivity index (χ4v) is 4.12. The van der Waals surface area contributed by atoms with Gasteiger partial charge < -0.3 is 5.32 Å². The molecule has 0 amide bonds. The average Bonchev–Trinajstić information content (AvgIpc) is 2.71. The van der Waals surface area contributed by atoms with Gasteiger partial charge in [-0.2, -0.15) is 0 Å². The molecule has 1 saturated heterocycles. The van der Waals surface area contributed by atoms with Crippen molar-refractivity contribution in [3.63, 3.8) is 0 Å². The zero-order valence-electron chi connectivity index (χ0n) is 16.1. The highest BCUT2D eigenvalue weighted by molar-refractivity contribution is 6.30. The van der Waals surface area contributed by atoms with Crippen LogP contribution in [0.5, 0.6) is 0 Å². The van der Waals surface area contributed by atoms with Crippen molar-refractivity contribution in [2.45, 2.75) is 51.6 Å². The van der Waals surface area contributed by atoms with Crippen molar-refractivity contribution in [1.82, 2.24) is 19.9 Å². The molecule has 146 valence electrons. The maximum Gasteiger partial charge on any atom is 0.279 e. The summed E-state index contributed by atoms with van der Waals surface area (Å²) in [6.07, 6.45) is 7.49. The van der Waals surface area contributed by atoms with E-state index in [4.69, 9.17) is 11.6 Å². The second kappa shape index (κ2) is 8.41. The molecule has 28 heavy (non-hydrogen) atoms. The van der Waals surface area contributed by atoms with E-state index in [1.807, 2.05) is 37.3 Å². The van der Waals surface area contributed by atoms with E-state index in [9.17, 15) is 4.79 Å². The summed E-state index contributed by atoms with van der Waals surface area (Å²) in [5.74, 6) is 0. The van der Waals surface area contributed by atoms with E-state index in [1.165, 1.54) is 19.3 Å². The third-order valence-electron chi connectivity index (χ3n) is 5.46. The van der Waals surface area contributed by atoms with Crippen LogP contribution >= 0.6 is 11.6 Å². The largest absolute Gasteiger partial charge is 0.314 e. The van der Waals surface area contributed by atoms with Crippen molar-refractivity contribution >= 4 is 22.6 Å². The number of nitrogens with one attached hydrogen (secondary N) is 1. The van der Waals surface area contributed by atoms with E-state index in [0.717, 1.165) is 36.2 Å². The highest BCUT2D eigenvalue weighted by Gasteiger charge is 2.14. The third kappa shape index (κ3) is 4.10. The minimum atomic E-state index is -0.0754. The molecule has 5 nitrogen and oxygen atoms in total. The van der Waals surface area contributed by atoms with Crippen molar-refractivity contribution in [3.05, 3.63) is 57.6 Å². The Labute approximate surface area is 169 Å². The normalized spacial score (nSPS) is 17.1. The van der Waals surface area contributed by atoms with Gasteiger partial charge in [0, 0.05) is 23.2 Å². The Hall–Kier alpha value is -2.24. The lowest BCUT2D eigenvalue weighted by Gasteiger charge is -2.23. The third-order valence-corrected chi connectivity index (χ3v) is 5.69. The summed E-state index contributed by atoms with van der Waals surface area (Å²) in [6, 6.07) is 10.1. The van der Waals surface area contributed by atoms with Gasteiger partial charge in [-0.1, -0.05) is 30.2 Å². The molecule has 0 radical (unpaired) electrons. The molecule has 2 aromatic heterocycles. The molecule has 3 heterocycles. The van der Waals surface area contributed by atoms with Gasteiger partial charge in [0.2, 0.25) is 0 Å². The van der Waals surface area contributed by atoms with E-state index in [-0.39, 0.29) is 5.56 Å². The summed E-state index contributed by atoms with van der Waals surface area (Å²) < 4.78 is 1.69. The van der Waals surface area contributed by atoms with Crippen LogP contribution in [-0.4, -0.2) is 27.1 Å². The molecule has 0 spiro atoms. The van der Waals surface area contributed by atoms with Gasteiger partial charge in [-0.05, 0) is 62.9 Å². The lowest BCUT2D eigenvalue weighted by Crippen LogP contribution is -2.34. The van der Waals surface area contributed by atoms with Gasteiger partial charge in [0.1, 0.15) is 0 Å². The Bertz CT molecular complexity index is 1040. The monoisotopic (exact) mass is 396 g/mol. The number of aromatic nitrogens is 3. The van der Waals surface area contributed by atoms with Crippen molar-refractivity contribution in [3.8, 4) is 11.3 Å². The van der Waals surface area contributed by atoms with Gasteiger partial charge in [-0.15, -0.1) is 0 Å². The summed E-state index contributed by atoms with van der Waals surface area (Å²) in [5, 5.41) is 4.21. The van der Waals surface area contributed by atoms with Crippen molar-refractivity contribution in [1.29, 1.82) is 0 Å². The van der Waals surface area contributed by atoms with Crippen LogP contribution in [0.15, 0.2) is 41.5 Å². The molecule has 0 bridgehead atoms. The fourth-order valence-electron chi connectivity index (χ4n) is 3.93. The van der Waals surface area contributed by atoms with E-state index >= 15 is 0 Å². The first-order valence-corrected chi connectivity index (χ1v) is 10.4. The van der Waals surface area contributed by atoms with Crippen molar-refractivity contribution < 1.29 is 0 Å². The zero-order valence-corrected chi connectivity index (χ0v) is 16.9. The standard InChI is InChI=1S/C22H25ClN4O/c1-15-12-19(16-6-4-7-17(23)13-16)26-21-20(15)25-14-27(22(21)28)11-5-9-18-8-2-3-10-24-18/h4,6-7,12-14,18,24H,2-3,5,8-11H2,1H3/t18-/m0/s1. The smallest absolute Gasteiger partial charge is 0.279 e. The first-order chi connectivity index (χ1) is 13.6. The number of fused-ring (bicyclic) bond motifs is 1. The number of piperidine rings is 1. The fraction of sp³-hybridized carbons (Fsp3) is 0.409. The SMILES string of the molecule is Cc1cc(-c2cccc(Cl)c2)nc2c(=O)n(CCC[C@@H]3CCCCN3)cnc12. The maximum atomic E-state index is 13.0. The summed E-state index contributed by atoms with van der Waals surface area (Å²) in [4.78, 5) is 22.2. The summed E-state index contributed by atoms with van der Waals surface area (Å²) >= 11 is 6.12. The van der Waals surface area contributed by atoms with Gasteiger partial charge >= 0.3 is 0 Å². The number of nitrogens with zero attached hydrogens (tertiary/aromatic N) is 3. The van der Waals surface area contributed by atoms with Crippen LogP contribution in [0, 0.1) is 6.92 Å². The van der Waals surface area contributed by atoms with E-state index in [1.54, 1.807) is 10.9 Å². The van der Waals surface area contributed by atoms with Crippen LogP contribution < -0.4 is 10.9 Å². The molecule has 3 aromatic rings. The summed E-state index contributed by atoms with van der Waals surface area (Å²) in [5.41, 5.74) is 3.60. The van der Waals surface area contributed by atoms with Crippen LogP contribution in [0.3, 0.4) is 0 Å². The molecule has 1 aromatic carbocycles. The minimum absolute atomic E-state index is 0.0754. The zero-order chi connectivity index (χ0) is 19.5. The molecule has 0 unspecified atom stereocenters. The Balaban J connectivity index is 1.61. The van der Waals surface area contributed by atoms with Gasteiger partial charge in [0.05, 0.1) is 17.5 Å². The molecule has 6 heteroatoms. The van der Waals surface area contributed by atoms with Gasteiger partial charge in [-0.25, -0.2) is 9.97 Å². The molecule has 0 aliphatic carbocycles. The van der Waals surface area contributed by atoms with Crippen LogP contribution in [0.25, 0.3) is 22.3 Å². The van der Waals surface area contributed by atoms with E-state index < -0.39 is 0 Å². The molecule has 1 aliphatic heterocycles. The Morgan fingerprint density at radius 3 is 2.93 bits per heavy atom. The number of hydrogen-bond acceptors (Lipinski definition) is 4. The highest BCUT2D eigenvalue weighted by atomic mass is 35.5. The second-order valence-electron chi connectivity index (χ2n) is 7.56. The predicted molar refractivity (Wildman–Crippen MR) is 114 cm³/mol. The number of aryl methyl sites for hydroxylation is 2. The van der Waals surface area contributed by atoms with Gasteiger partial charge in [-0.3, -0.25) is 9.36 Å². The first-order valence-electron chi connectivity index (χ1n) is 9.98. The van der Waals surface area contributed by atoms with Crippen LogP contribution in [0.4, 0.5) is 0 Å². The lowest BCUT2D eigenvalue weighted by atomic mass is 10.0. The molecule has 4 rings (SSSR count). The van der Waals surface area contributed by atoms with Crippen LogP contribution in [-0.2, 0) is 6.54 Å². The van der Waals surface area contributed by atoms with Crippen LogP contribution in [0.1, 0.15) is 37.7 Å². The molecule has 1 fully saturated rings. The summed E-state index contributed by atoms with van der Waals surface area (Å²) in [7, 11) is 0. The van der Waals surface area contributed by atoms with E-state index in [2.05, 4.69) is 15.3 Å². The quantitative estimate of drug-likeness (QED) is 0.696. The van der Waals surface area contributed by atoms with E-state index in [0.29, 0.717) is 28.6 Å². The van der Waals surface area contributed by atoms with Crippen LogP contribution in [0.2, 0.25) is 5.02 Å². The molecule has 1 atom stereocenters. The van der Waals surface area contributed by atoms with Gasteiger partial charge in [0.15, 0.2) is 5.52 Å². The Kier molecular flexibility index (Phi) is 5.74. The number of pyridine rings is 1. The van der Waals surface area contributed by atoms with Gasteiger partial charge in [0.25, 0.3) is 5.56 Å². The second-order valence-corrected chi connectivity index (χ2v) is 8.00. The minimum Gasteiger partial charge on any atom is -0.314 e.